The van der Waals surface area contributed by atoms with E-state index < -0.39 is 10.8 Å². The van der Waals surface area contributed by atoms with E-state index in [4.69, 9.17) is 0 Å². The number of nitrogens with one attached hydrogen (secondary N) is 1. The molecule has 2 amide bonds. The molecule has 1 N–H and O–H groups in total. The summed E-state index contributed by atoms with van der Waals surface area (Å²) in [6.45, 7) is 0. The van der Waals surface area contributed by atoms with Crippen molar-refractivity contribution in [3.8, 4) is 0 Å². The van der Waals surface area contributed by atoms with Gasteiger partial charge in [0, 0.05) is 43.7 Å². The van der Waals surface area contributed by atoms with Gasteiger partial charge in [0.1, 0.15) is 0 Å². The lowest BCUT2D eigenvalue weighted by Crippen LogP contribution is -2.30. The molecule has 0 bridgehead atoms. The van der Waals surface area contributed by atoms with E-state index in [0.717, 1.165) is 5.56 Å². The standard InChI is InChI=1S/C17H16N4O4/c1-20-15(22)9-14(16(20)11-3-2-8-18-10-11)17(23)19-12-4-6-13(7-5-12)21(24)25/h2-8,10,14,16H,9H2,1H3,(H,19,23). The zero-order valence-corrected chi connectivity index (χ0v) is 13.5. The van der Waals surface area contributed by atoms with Gasteiger partial charge in [-0.15, -0.1) is 0 Å². The lowest BCUT2D eigenvalue weighted by Gasteiger charge is -2.24. The van der Waals surface area contributed by atoms with Gasteiger partial charge < -0.3 is 10.2 Å². The number of rotatable bonds is 4. The molecule has 0 spiro atoms. The van der Waals surface area contributed by atoms with E-state index in [1.54, 1.807) is 30.4 Å². The fraction of sp³-hybridized carbons (Fsp3) is 0.235. The zero-order valence-electron chi connectivity index (χ0n) is 13.5. The number of nitrogens with zero attached hydrogens (tertiary/aromatic N) is 3. The van der Waals surface area contributed by atoms with Gasteiger partial charge in [0.25, 0.3) is 5.69 Å². The summed E-state index contributed by atoms with van der Waals surface area (Å²) in [7, 11) is 1.67. The van der Waals surface area contributed by atoms with Gasteiger partial charge in [-0.05, 0) is 23.8 Å². The number of non-ortho nitro benzene ring substituents is 1. The SMILES string of the molecule is CN1C(=O)CC(C(=O)Nc2ccc([N+](=O)[O-])cc2)C1c1cccnc1. The number of carbonyl (C=O) groups is 2. The first-order valence-corrected chi connectivity index (χ1v) is 7.68. The normalized spacial score (nSPS) is 19.7. The van der Waals surface area contributed by atoms with E-state index in [9.17, 15) is 19.7 Å². The highest BCUT2D eigenvalue weighted by atomic mass is 16.6. The van der Waals surface area contributed by atoms with Gasteiger partial charge in [-0.1, -0.05) is 6.07 Å². The number of aromatic nitrogens is 1. The topological polar surface area (TPSA) is 105 Å². The Kier molecular flexibility index (Phi) is 4.42. The van der Waals surface area contributed by atoms with Crippen molar-refractivity contribution in [1.29, 1.82) is 0 Å². The molecule has 2 unspecified atom stereocenters. The number of likely N-dealkylation sites (tertiary alicyclic amines) is 1. The Hall–Kier alpha value is -3.29. The molecule has 1 aliphatic rings. The van der Waals surface area contributed by atoms with Crippen LogP contribution >= 0.6 is 0 Å². The molecule has 1 aromatic heterocycles. The molecule has 1 fully saturated rings. The molecule has 0 aliphatic carbocycles. The highest BCUT2D eigenvalue weighted by molar-refractivity contribution is 5.98. The van der Waals surface area contributed by atoms with Crippen LogP contribution in [0.1, 0.15) is 18.0 Å². The molecule has 25 heavy (non-hydrogen) atoms. The molecule has 8 nitrogen and oxygen atoms in total. The van der Waals surface area contributed by atoms with Gasteiger partial charge in [0.05, 0.1) is 16.9 Å². The van der Waals surface area contributed by atoms with Crippen molar-refractivity contribution in [3.63, 3.8) is 0 Å². The minimum Gasteiger partial charge on any atom is -0.338 e. The molecule has 1 aliphatic heterocycles. The van der Waals surface area contributed by atoms with Crippen molar-refractivity contribution in [2.24, 2.45) is 5.92 Å². The molecular weight excluding hydrogens is 324 g/mol. The van der Waals surface area contributed by atoms with E-state index in [1.165, 1.54) is 24.3 Å². The highest BCUT2D eigenvalue weighted by Crippen LogP contribution is 2.37. The molecule has 2 aromatic rings. The molecule has 1 aromatic carbocycles. The largest absolute Gasteiger partial charge is 0.338 e. The first-order chi connectivity index (χ1) is 12.0. The minimum atomic E-state index is -0.558. The van der Waals surface area contributed by atoms with Gasteiger partial charge in [0.2, 0.25) is 11.8 Å². The summed E-state index contributed by atoms with van der Waals surface area (Å²) in [5, 5.41) is 13.4. The number of carbonyl (C=O) groups excluding carboxylic acids is 2. The fourth-order valence-corrected chi connectivity index (χ4v) is 3.01. The van der Waals surface area contributed by atoms with E-state index in [-0.39, 0.29) is 30.0 Å². The molecule has 1 saturated heterocycles. The first kappa shape index (κ1) is 16.6. The number of nitro groups is 1. The molecule has 2 atom stereocenters. The van der Waals surface area contributed by atoms with Crippen molar-refractivity contribution in [1.82, 2.24) is 9.88 Å². The maximum absolute atomic E-state index is 12.7. The molecular formula is C17H16N4O4. The number of hydrogen-bond donors (Lipinski definition) is 1. The number of amides is 2. The van der Waals surface area contributed by atoms with Crippen LogP contribution in [0.15, 0.2) is 48.8 Å². The van der Waals surface area contributed by atoms with Gasteiger partial charge in [-0.3, -0.25) is 24.7 Å². The number of benzene rings is 1. The van der Waals surface area contributed by atoms with Crippen molar-refractivity contribution >= 4 is 23.2 Å². The van der Waals surface area contributed by atoms with Gasteiger partial charge in [-0.2, -0.15) is 0 Å². The fourth-order valence-electron chi connectivity index (χ4n) is 3.01. The third-order valence-electron chi connectivity index (χ3n) is 4.29. The Morgan fingerprint density at radius 1 is 1.32 bits per heavy atom. The average Bonchev–Trinajstić information content (AvgIpc) is 2.91. The van der Waals surface area contributed by atoms with Crippen molar-refractivity contribution in [2.45, 2.75) is 12.5 Å². The van der Waals surface area contributed by atoms with Crippen LogP contribution in [-0.2, 0) is 9.59 Å². The van der Waals surface area contributed by atoms with E-state index in [0.29, 0.717) is 5.69 Å². The summed E-state index contributed by atoms with van der Waals surface area (Å²) < 4.78 is 0. The number of nitro benzene ring substituents is 1. The van der Waals surface area contributed by atoms with E-state index in [1.807, 2.05) is 6.07 Å². The third kappa shape index (κ3) is 3.32. The maximum atomic E-state index is 12.7. The second kappa shape index (κ2) is 6.68. The minimum absolute atomic E-state index is 0.0537. The second-order valence-corrected chi connectivity index (χ2v) is 5.84. The molecule has 8 heteroatoms. The van der Waals surface area contributed by atoms with Crippen molar-refractivity contribution < 1.29 is 14.5 Å². The Balaban J connectivity index is 1.80. The van der Waals surface area contributed by atoms with Crippen LogP contribution in [0.4, 0.5) is 11.4 Å². The van der Waals surface area contributed by atoms with Gasteiger partial charge in [0.15, 0.2) is 0 Å². The van der Waals surface area contributed by atoms with E-state index in [2.05, 4.69) is 10.3 Å². The van der Waals surface area contributed by atoms with E-state index >= 15 is 0 Å². The predicted octanol–water partition coefficient (Wildman–Crippen LogP) is 2.15. The lowest BCUT2D eigenvalue weighted by atomic mass is 9.94. The van der Waals surface area contributed by atoms with Crippen molar-refractivity contribution in [2.75, 3.05) is 12.4 Å². The lowest BCUT2D eigenvalue weighted by molar-refractivity contribution is -0.384. The summed E-state index contributed by atoms with van der Waals surface area (Å²) in [5.41, 5.74) is 1.18. The number of pyridine rings is 1. The Morgan fingerprint density at radius 2 is 2.04 bits per heavy atom. The number of hydrogen-bond acceptors (Lipinski definition) is 5. The first-order valence-electron chi connectivity index (χ1n) is 7.68. The van der Waals surface area contributed by atoms with Crippen molar-refractivity contribution in [3.05, 3.63) is 64.5 Å². The summed E-state index contributed by atoms with van der Waals surface area (Å²) in [6, 6.07) is 8.78. The third-order valence-corrected chi connectivity index (χ3v) is 4.29. The molecule has 0 radical (unpaired) electrons. The predicted molar refractivity (Wildman–Crippen MR) is 89.6 cm³/mol. The molecule has 3 rings (SSSR count). The second-order valence-electron chi connectivity index (χ2n) is 5.84. The highest BCUT2D eigenvalue weighted by Gasteiger charge is 2.42. The van der Waals surface area contributed by atoms with Crippen LogP contribution in [0.5, 0.6) is 0 Å². The van der Waals surface area contributed by atoms with Crippen LogP contribution in [-0.4, -0.2) is 33.7 Å². The molecule has 128 valence electrons. The summed E-state index contributed by atoms with van der Waals surface area (Å²) in [4.78, 5) is 40.6. The monoisotopic (exact) mass is 340 g/mol. The smallest absolute Gasteiger partial charge is 0.269 e. The maximum Gasteiger partial charge on any atom is 0.269 e. The zero-order chi connectivity index (χ0) is 18.0. The summed E-state index contributed by atoms with van der Waals surface area (Å²) >= 11 is 0. The molecule has 2 heterocycles. The van der Waals surface area contributed by atoms with Crippen LogP contribution in [0, 0.1) is 16.0 Å². The summed E-state index contributed by atoms with van der Waals surface area (Å²) in [6.07, 6.45) is 3.38. The average molecular weight is 340 g/mol. The summed E-state index contributed by atoms with van der Waals surface area (Å²) in [5.74, 6) is -0.977. The van der Waals surface area contributed by atoms with Crippen LogP contribution in [0.25, 0.3) is 0 Å². The Bertz CT molecular complexity index is 807. The van der Waals surface area contributed by atoms with Gasteiger partial charge in [-0.25, -0.2) is 0 Å². The van der Waals surface area contributed by atoms with Crippen LogP contribution < -0.4 is 5.32 Å². The van der Waals surface area contributed by atoms with Crippen LogP contribution in [0.2, 0.25) is 0 Å². The number of anilines is 1. The van der Waals surface area contributed by atoms with Crippen LogP contribution in [0.3, 0.4) is 0 Å². The Labute approximate surface area is 143 Å². The van der Waals surface area contributed by atoms with Gasteiger partial charge >= 0.3 is 0 Å². The molecule has 0 saturated carbocycles. The quantitative estimate of drug-likeness (QED) is 0.678. The Morgan fingerprint density at radius 3 is 2.64 bits per heavy atom.